The molecule has 1 aromatic rings. The Kier molecular flexibility index (Phi) is 5.08. The molecule has 7 heteroatoms. The van der Waals surface area contributed by atoms with Crippen LogP contribution in [0.2, 0.25) is 0 Å². The molecule has 6 nitrogen and oxygen atoms in total. The molecule has 1 rings (SSSR count). The van der Waals surface area contributed by atoms with Crippen LogP contribution >= 0.6 is 11.3 Å². The lowest BCUT2D eigenvalue weighted by molar-refractivity contribution is -0.139. The molecule has 0 fully saturated rings. The highest BCUT2D eigenvalue weighted by atomic mass is 32.1. The van der Waals surface area contributed by atoms with E-state index in [-0.39, 0.29) is 6.04 Å². The average Bonchev–Trinajstić information content (AvgIpc) is 2.72. The van der Waals surface area contributed by atoms with Gasteiger partial charge in [0.15, 0.2) is 0 Å². The summed E-state index contributed by atoms with van der Waals surface area (Å²) in [5.74, 6) is -1.04. The van der Waals surface area contributed by atoms with Gasteiger partial charge in [-0.15, -0.1) is 11.3 Å². The van der Waals surface area contributed by atoms with Gasteiger partial charge in [-0.2, -0.15) is 0 Å². The highest BCUT2D eigenvalue weighted by molar-refractivity contribution is 7.11. The first kappa shape index (κ1) is 14.4. The van der Waals surface area contributed by atoms with Gasteiger partial charge in [-0.3, -0.25) is 0 Å². The van der Waals surface area contributed by atoms with Crippen molar-refractivity contribution in [1.29, 1.82) is 0 Å². The highest BCUT2D eigenvalue weighted by Gasteiger charge is 2.19. The van der Waals surface area contributed by atoms with Gasteiger partial charge in [0.25, 0.3) is 0 Å². The minimum Gasteiger partial charge on any atom is -0.480 e. The number of rotatable bonds is 5. The number of carbonyl (C=O) groups excluding carboxylic acids is 1. The summed E-state index contributed by atoms with van der Waals surface area (Å²) >= 11 is 1.50. The SMILES string of the molecule is CCC(NC(=O)NC(C)c1ncc(C)s1)C(=O)O. The van der Waals surface area contributed by atoms with E-state index in [1.54, 1.807) is 20.0 Å². The van der Waals surface area contributed by atoms with Gasteiger partial charge < -0.3 is 15.7 Å². The summed E-state index contributed by atoms with van der Waals surface area (Å²) in [5.41, 5.74) is 0. The fourth-order valence-electron chi connectivity index (χ4n) is 1.37. The third-order valence-corrected chi connectivity index (χ3v) is 3.46. The van der Waals surface area contributed by atoms with Gasteiger partial charge in [-0.05, 0) is 20.3 Å². The number of urea groups is 1. The summed E-state index contributed by atoms with van der Waals surface area (Å²) in [4.78, 5) is 27.6. The molecular weight excluding hydrogens is 254 g/mol. The van der Waals surface area contributed by atoms with E-state index < -0.39 is 18.0 Å². The van der Waals surface area contributed by atoms with Crippen molar-refractivity contribution in [3.8, 4) is 0 Å². The molecule has 1 aromatic heterocycles. The Balaban J connectivity index is 2.52. The number of nitrogens with zero attached hydrogens (tertiary/aromatic N) is 1. The Morgan fingerprint density at radius 3 is 2.61 bits per heavy atom. The Morgan fingerprint density at radius 1 is 1.50 bits per heavy atom. The van der Waals surface area contributed by atoms with E-state index in [0.29, 0.717) is 6.42 Å². The van der Waals surface area contributed by atoms with Crippen LogP contribution in [-0.4, -0.2) is 28.1 Å². The lowest BCUT2D eigenvalue weighted by Gasteiger charge is -2.16. The zero-order chi connectivity index (χ0) is 13.7. The number of aryl methyl sites for hydroxylation is 1. The maximum absolute atomic E-state index is 11.6. The minimum absolute atomic E-state index is 0.241. The molecule has 0 aliphatic rings. The Hall–Kier alpha value is -1.63. The second-order valence-corrected chi connectivity index (χ2v) is 5.21. The summed E-state index contributed by atoms with van der Waals surface area (Å²) in [5, 5.41) is 14.7. The van der Waals surface area contributed by atoms with Crippen LogP contribution < -0.4 is 10.6 Å². The van der Waals surface area contributed by atoms with Crippen molar-refractivity contribution < 1.29 is 14.7 Å². The molecule has 1 heterocycles. The quantitative estimate of drug-likeness (QED) is 0.759. The summed E-state index contributed by atoms with van der Waals surface area (Å²) in [6.07, 6.45) is 2.08. The number of carboxylic acids is 1. The third-order valence-electron chi connectivity index (χ3n) is 2.37. The lowest BCUT2D eigenvalue weighted by atomic mass is 10.2. The number of hydrogen-bond acceptors (Lipinski definition) is 4. The van der Waals surface area contributed by atoms with Gasteiger partial charge in [0.2, 0.25) is 0 Å². The molecule has 18 heavy (non-hydrogen) atoms. The zero-order valence-corrected chi connectivity index (χ0v) is 11.4. The largest absolute Gasteiger partial charge is 0.480 e. The molecule has 0 aromatic carbocycles. The maximum atomic E-state index is 11.6. The lowest BCUT2D eigenvalue weighted by Crippen LogP contribution is -2.46. The first-order valence-electron chi connectivity index (χ1n) is 5.66. The third kappa shape index (κ3) is 3.99. The van der Waals surface area contributed by atoms with Crippen molar-refractivity contribution >= 4 is 23.3 Å². The number of aliphatic carboxylic acids is 1. The molecule has 0 saturated heterocycles. The predicted molar refractivity (Wildman–Crippen MR) is 68.6 cm³/mol. The van der Waals surface area contributed by atoms with Crippen molar-refractivity contribution in [3.05, 3.63) is 16.1 Å². The summed E-state index contributed by atoms with van der Waals surface area (Å²) in [6, 6.07) is -1.60. The number of carboxylic acid groups (broad SMARTS) is 1. The van der Waals surface area contributed by atoms with E-state index in [4.69, 9.17) is 5.11 Å². The molecule has 0 radical (unpaired) electrons. The maximum Gasteiger partial charge on any atom is 0.326 e. The molecule has 0 aliphatic heterocycles. The first-order chi connectivity index (χ1) is 8.43. The van der Waals surface area contributed by atoms with Crippen LogP contribution in [0, 0.1) is 6.92 Å². The van der Waals surface area contributed by atoms with E-state index in [1.807, 2.05) is 6.92 Å². The second-order valence-electron chi connectivity index (χ2n) is 3.95. The molecule has 3 N–H and O–H groups in total. The fourth-order valence-corrected chi connectivity index (χ4v) is 2.15. The van der Waals surface area contributed by atoms with Crippen molar-refractivity contribution in [2.75, 3.05) is 0 Å². The molecule has 2 amide bonds. The van der Waals surface area contributed by atoms with Crippen LogP contribution in [-0.2, 0) is 4.79 Å². The van der Waals surface area contributed by atoms with Crippen LogP contribution in [0.25, 0.3) is 0 Å². The normalized spacial score (nSPS) is 13.7. The second kappa shape index (κ2) is 6.34. The van der Waals surface area contributed by atoms with Gasteiger partial charge in [0.1, 0.15) is 11.0 Å². The number of carbonyl (C=O) groups is 2. The van der Waals surface area contributed by atoms with E-state index >= 15 is 0 Å². The van der Waals surface area contributed by atoms with Crippen LogP contribution in [0.3, 0.4) is 0 Å². The van der Waals surface area contributed by atoms with Crippen molar-refractivity contribution in [1.82, 2.24) is 15.6 Å². The van der Waals surface area contributed by atoms with E-state index in [9.17, 15) is 9.59 Å². The van der Waals surface area contributed by atoms with Gasteiger partial charge in [-0.1, -0.05) is 6.92 Å². The molecule has 0 spiro atoms. The standard InChI is InChI=1S/C11H17N3O3S/c1-4-8(10(15)16)14-11(17)13-7(3)9-12-5-6(2)18-9/h5,7-8H,4H2,1-3H3,(H,15,16)(H2,13,14,17). The van der Waals surface area contributed by atoms with E-state index in [2.05, 4.69) is 15.6 Å². The summed E-state index contributed by atoms with van der Waals surface area (Å²) in [6.45, 7) is 5.44. The van der Waals surface area contributed by atoms with Gasteiger partial charge in [0.05, 0.1) is 6.04 Å². The van der Waals surface area contributed by atoms with E-state index in [0.717, 1.165) is 9.88 Å². The van der Waals surface area contributed by atoms with Crippen LogP contribution in [0.1, 0.15) is 36.2 Å². The number of nitrogens with one attached hydrogen (secondary N) is 2. The van der Waals surface area contributed by atoms with Crippen LogP contribution in [0.15, 0.2) is 6.20 Å². The highest BCUT2D eigenvalue weighted by Crippen LogP contribution is 2.18. The van der Waals surface area contributed by atoms with Crippen LogP contribution in [0.4, 0.5) is 4.79 Å². The van der Waals surface area contributed by atoms with Crippen molar-refractivity contribution in [2.24, 2.45) is 0 Å². The summed E-state index contributed by atoms with van der Waals surface area (Å²) < 4.78 is 0. The van der Waals surface area contributed by atoms with Gasteiger partial charge in [-0.25, -0.2) is 14.6 Å². The van der Waals surface area contributed by atoms with Crippen molar-refractivity contribution in [2.45, 2.75) is 39.3 Å². The minimum atomic E-state index is -1.04. The Bertz CT molecular complexity index is 433. The van der Waals surface area contributed by atoms with E-state index in [1.165, 1.54) is 11.3 Å². The molecule has 0 saturated carbocycles. The molecular formula is C11H17N3O3S. The number of thiazole rings is 1. The number of aromatic nitrogens is 1. The first-order valence-corrected chi connectivity index (χ1v) is 6.47. The number of amides is 2. The van der Waals surface area contributed by atoms with Crippen molar-refractivity contribution in [3.63, 3.8) is 0 Å². The Labute approximate surface area is 109 Å². The molecule has 0 aliphatic carbocycles. The number of hydrogen-bond donors (Lipinski definition) is 3. The van der Waals surface area contributed by atoms with Crippen LogP contribution in [0.5, 0.6) is 0 Å². The monoisotopic (exact) mass is 271 g/mol. The molecule has 2 unspecified atom stereocenters. The molecule has 100 valence electrons. The van der Waals surface area contributed by atoms with Gasteiger partial charge >= 0.3 is 12.0 Å². The average molecular weight is 271 g/mol. The Morgan fingerprint density at radius 2 is 2.17 bits per heavy atom. The predicted octanol–water partition coefficient (Wildman–Crippen LogP) is 1.67. The fraction of sp³-hybridized carbons (Fsp3) is 0.545. The molecule has 0 bridgehead atoms. The summed E-state index contributed by atoms with van der Waals surface area (Å²) in [7, 11) is 0. The molecule has 2 atom stereocenters. The topological polar surface area (TPSA) is 91.3 Å². The van der Waals surface area contributed by atoms with Gasteiger partial charge in [0, 0.05) is 11.1 Å². The zero-order valence-electron chi connectivity index (χ0n) is 10.6. The smallest absolute Gasteiger partial charge is 0.326 e.